The molecule has 1 aliphatic carbocycles. The number of aliphatic carboxylic acids is 1. The number of nitrogens with zero attached hydrogens (tertiary/aromatic N) is 1. The molecule has 1 aliphatic heterocycles. The molecule has 0 radical (unpaired) electrons. The van der Waals surface area contributed by atoms with E-state index in [1.807, 2.05) is 6.07 Å². The van der Waals surface area contributed by atoms with E-state index in [0.29, 0.717) is 18.9 Å². The molecule has 2 fully saturated rings. The summed E-state index contributed by atoms with van der Waals surface area (Å²) in [6.07, 6.45) is 8.26. The summed E-state index contributed by atoms with van der Waals surface area (Å²) in [6, 6.07) is 10.9. The number of carbonyl (C=O) groups excluding carboxylic acids is 1. The lowest BCUT2D eigenvalue weighted by atomic mass is 9.81. The number of carboxylic acids is 1. The molecular weight excluding hydrogens is 314 g/mol. The van der Waals surface area contributed by atoms with Crippen LogP contribution in [-0.2, 0) is 16.0 Å². The molecule has 1 atom stereocenters. The zero-order chi connectivity index (χ0) is 17.6. The highest BCUT2D eigenvalue weighted by atomic mass is 16.4. The van der Waals surface area contributed by atoms with Crippen LogP contribution in [0, 0.1) is 11.8 Å². The molecular formula is C21H29NO3. The Hall–Kier alpha value is -1.84. The van der Waals surface area contributed by atoms with E-state index in [2.05, 4.69) is 29.2 Å². The summed E-state index contributed by atoms with van der Waals surface area (Å²) >= 11 is 0. The predicted molar refractivity (Wildman–Crippen MR) is 97.2 cm³/mol. The fourth-order valence-corrected chi connectivity index (χ4v) is 4.43. The highest BCUT2D eigenvalue weighted by molar-refractivity contribution is 5.80. The minimum Gasteiger partial charge on any atom is -0.481 e. The van der Waals surface area contributed by atoms with Crippen LogP contribution in [0.5, 0.6) is 0 Å². The maximum atomic E-state index is 12.9. The van der Waals surface area contributed by atoms with E-state index in [0.717, 1.165) is 51.5 Å². The number of carbonyl (C=O) groups is 2. The molecule has 4 heteroatoms. The summed E-state index contributed by atoms with van der Waals surface area (Å²) in [7, 11) is 0. The first-order chi connectivity index (χ1) is 12.1. The van der Waals surface area contributed by atoms with E-state index in [1.165, 1.54) is 5.56 Å². The third-order valence-electron chi connectivity index (χ3n) is 5.93. The van der Waals surface area contributed by atoms with Crippen molar-refractivity contribution in [3.8, 4) is 0 Å². The van der Waals surface area contributed by atoms with Crippen molar-refractivity contribution < 1.29 is 14.7 Å². The first-order valence-corrected chi connectivity index (χ1v) is 9.72. The first kappa shape index (κ1) is 18.0. The van der Waals surface area contributed by atoms with Crippen molar-refractivity contribution in [2.75, 3.05) is 6.54 Å². The fourth-order valence-electron chi connectivity index (χ4n) is 4.43. The maximum absolute atomic E-state index is 12.9. The summed E-state index contributed by atoms with van der Waals surface area (Å²) in [5, 5.41) is 9.11. The maximum Gasteiger partial charge on any atom is 0.306 e. The van der Waals surface area contributed by atoms with Gasteiger partial charge in [0.25, 0.3) is 0 Å². The number of aryl methyl sites for hydroxylation is 1. The molecule has 2 aliphatic rings. The highest BCUT2D eigenvalue weighted by Gasteiger charge is 2.36. The van der Waals surface area contributed by atoms with Gasteiger partial charge < -0.3 is 10.0 Å². The molecule has 1 aromatic rings. The normalized spacial score (nSPS) is 26.6. The van der Waals surface area contributed by atoms with Crippen LogP contribution in [0.4, 0.5) is 0 Å². The molecule has 4 nitrogen and oxygen atoms in total. The van der Waals surface area contributed by atoms with Crippen LogP contribution in [0.15, 0.2) is 30.3 Å². The number of likely N-dealkylation sites (tertiary alicyclic amines) is 1. The highest BCUT2D eigenvalue weighted by Crippen LogP contribution is 2.33. The summed E-state index contributed by atoms with van der Waals surface area (Å²) < 4.78 is 0. The van der Waals surface area contributed by atoms with Crippen LogP contribution in [0.1, 0.15) is 56.9 Å². The number of hydrogen-bond acceptors (Lipinski definition) is 2. The van der Waals surface area contributed by atoms with Crippen molar-refractivity contribution >= 4 is 11.9 Å². The molecule has 1 heterocycles. The van der Waals surface area contributed by atoms with Gasteiger partial charge in [-0.15, -0.1) is 0 Å². The molecule has 0 spiro atoms. The quantitative estimate of drug-likeness (QED) is 0.852. The van der Waals surface area contributed by atoms with Crippen molar-refractivity contribution in [3.05, 3.63) is 35.9 Å². The summed E-state index contributed by atoms with van der Waals surface area (Å²) in [6.45, 7) is 0.883. The molecule has 3 rings (SSSR count). The zero-order valence-electron chi connectivity index (χ0n) is 14.9. The number of amides is 1. The van der Waals surface area contributed by atoms with E-state index in [9.17, 15) is 9.59 Å². The third-order valence-corrected chi connectivity index (χ3v) is 5.93. The molecule has 1 unspecified atom stereocenters. The van der Waals surface area contributed by atoms with E-state index < -0.39 is 5.97 Å². The molecule has 0 bridgehead atoms. The van der Waals surface area contributed by atoms with Gasteiger partial charge in [-0.1, -0.05) is 30.3 Å². The van der Waals surface area contributed by atoms with E-state index in [4.69, 9.17) is 5.11 Å². The van der Waals surface area contributed by atoms with Gasteiger partial charge in [0, 0.05) is 18.5 Å². The van der Waals surface area contributed by atoms with Gasteiger partial charge in [0.1, 0.15) is 0 Å². The third kappa shape index (κ3) is 4.62. The second-order valence-electron chi connectivity index (χ2n) is 7.59. The van der Waals surface area contributed by atoms with Crippen molar-refractivity contribution in [1.82, 2.24) is 4.90 Å². The molecule has 1 amide bonds. The minimum atomic E-state index is -0.703. The monoisotopic (exact) mass is 343 g/mol. The average Bonchev–Trinajstić information content (AvgIpc) is 3.10. The zero-order valence-corrected chi connectivity index (χ0v) is 14.9. The molecule has 1 aromatic carbocycles. The lowest BCUT2D eigenvalue weighted by Crippen LogP contribution is -2.41. The summed E-state index contributed by atoms with van der Waals surface area (Å²) in [5.41, 5.74) is 1.37. The first-order valence-electron chi connectivity index (χ1n) is 9.72. The van der Waals surface area contributed by atoms with Gasteiger partial charge in [-0.25, -0.2) is 0 Å². The Labute approximate surface area is 150 Å². The molecule has 1 saturated carbocycles. The summed E-state index contributed by atoms with van der Waals surface area (Å²) in [4.78, 5) is 26.1. The number of benzene rings is 1. The smallest absolute Gasteiger partial charge is 0.306 e. The Morgan fingerprint density at radius 1 is 1.00 bits per heavy atom. The Morgan fingerprint density at radius 2 is 1.68 bits per heavy atom. The second-order valence-corrected chi connectivity index (χ2v) is 7.59. The van der Waals surface area contributed by atoms with Crippen molar-refractivity contribution in [2.45, 2.75) is 63.8 Å². The van der Waals surface area contributed by atoms with Gasteiger partial charge in [-0.2, -0.15) is 0 Å². The second kappa shape index (κ2) is 8.50. The van der Waals surface area contributed by atoms with E-state index in [1.54, 1.807) is 0 Å². The van der Waals surface area contributed by atoms with E-state index in [-0.39, 0.29) is 17.7 Å². The van der Waals surface area contributed by atoms with E-state index >= 15 is 0 Å². The van der Waals surface area contributed by atoms with Gasteiger partial charge >= 0.3 is 5.97 Å². The van der Waals surface area contributed by atoms with Crippen LogP contribution in [0.3, 0.4) is 0 Å². The van der Waals surface area contributed by atoms with Crippen LogP contribution in [0.25, 0.3) is 0 Å². The Kier molecular flexibility index (Phi) is 6.11. The predicted octanol–water partition coefficient (Wildman–Crippen LogP) is 3.89. The number of hydrogen-bond donors (Lipinski definition) is 1. The SMILES string of the molecule is O=C(O)C1CCC(C(=O)N2CCCC2CCCc2ccccc2)CC1. The number of rotatable bonds is 6. The fraction of sp³-hybridized carbons (Fsp3) is 0.619. The van der Waals surface area contributed by atoms with Crippen LogP contribution < -0.4 is 0 Å². The molecule has 1 saturated heterocycles. The van der Waals surface area contributed by atoms with Crippen LogP contribution in [-0.4, -0.2) is 34.5 Å². The Morgan fingerprint density at radius 3 is 2.36 bits per heavy atom. The van der Waals surface area contributed by atoms with Crippen molar-refractivity contribution in [1.29, 1.82) is 0 Å². The van der Waals surface area contributed by atoms with Gasteiger partial charge in [0.2, 0.25) is 5.91 Å². The van der Waals surface area contributed by atoms with Crippen LogP contribution >= 0.6 is 0 Å². The average molecular weight is 343 g/mol. The number of carboxylic acid groups (broad SMARTS) is 1. The molecule has 0 aromatic heterocycles. The van der Waals surface area contributed by atoms with Gasteiger partial charge in [-0.05, 0) is 63.4 Å². The summed E-state index contributed by atoms with van der Waals surface area (Å²) in [5.74, 6) is -0.619. The van der Waals surface area contributed by atoms with Gasteiger partial charge in [0.05, 0.1) is 5.92 Å². The molecule has 136 valence electrons. The standard InChI is InChI=1S/C21H29NO3/c23-20(17-11-13-18(14-12-17)21(24)25)22-15-5-10-19(22)9-4-8-16-6-2-1-3-7-16/h1-3,6-7,17-19H,4-5,8-15H2,(H,24,25). The topological polar surface area (TPSA) is 57.6 Å². The Bertz CT molecular complexity index is 578. The largest absolute Gasteiger partial charge is 0.481 e. The van der Waals surface area contributed by atoms with Crippen LogP contribution in [0.2, 0.25) is 0 Å². The lowest BCUT2D eigenvalue weighted by molar-refractivity contribution is -0.146. The van der Waals surface area contributed by atoms with Gasteiger partial charge in [0.15, 0.2) is 0 Å². The lowest BCUT2D eigenvalue weighted by Gasteiger charge is -2.32. The minimum absolute atomic E-state index is 0.0466. The van der Waals surface area contributed by atoms with Crippen molar-refractivity contribution in [2.24, 2.45) is 11.8 Å². The molecule has 25 heavy (non-hydrogen) atoms. The van der Waals surface area contributed by atoms with Gasteiger partial charge in [-0.3, -0.25) is 9.59 Å². The Balaban J connectivity index is 1.47. The van der Waals surface area contributed by atoms with Crippen molar-refractivity contribution in [3.63, 3.8) is 0 Å². The molecule has 1 N–H and O–H groups in total.